The van der Waals surface area contributed by atoms with Crippen LogP contribution in [0, 0.1) is 28.6 Å². The zero-order chi connectivity index (χ0) is 21.3. The molecule has 0 aromatic heterocycles. The Labute approximate surface area is 182 Å². The summed E-state index contributed by atoms with van der Waals surface area (Å²) >= 11 is 0. The predicted octanol–water partition coefficient (Wildman–Crippen LogP) is 7.90. The van der Waals surface area contributed by atoms with Gasteiger partial charge in [0, 0.05) is 5.56 Å². The molecule has 156 valence electrons. The van der Waals surface area contributed by atoms with Crippen LogP contribution in [0.15, 0.2) is 36.4 Å². The summed E-state index contributed by atoms with van der Waals surface area (Å²) in [5.74, 6) is 1.25. The number of benzene rings is 2. The molecule has 1 aliphatic rings. The Morgan fingerprint density at radius 2 is 1.50 bits per heavy atom. The van der Waals surface area contributed by atoms with Gasteiger partial charge in [-0.25, -0.2) is 0 Å². The van der Waals surface area contributed by atoms with Crippen molar-refractivity contribution in [3.8, 4) is 23.3 Å². The van der Waals surface area contributed by atoms with Crippen LogP contribution in [0.1, 0.15) is 99.8 Å². The molecule has 0 bridgehead atoms. The Morgan fingerprint density at radius 3 is 2.10 bits per heavy atom. The van der Waals surface area contributed by atoms with Gasteiger partial charge in [-0.3, -0.25) is 0 Å². The fourth-order valence-electron chi connectivity index (χ4n) is 5.02. The highest BCUT2D eigenvalue weighted by Gasteiger charge is 2.26. The highest BCUT2D eigenvalue weighted by atomic mass is 14.3. The first-order valence-corrected chi connectivity index (χ1v) is 11.8. The number of nitrogens with zero attached hydrogens (tertiary/aromatic N) is 2. The van der Waals surface area contributed by atoms with Gasteiger partial charge in [-0.05, 0) is 60.6 Å². The summed E-state index contributed by atoms with van der Waals surface area (Å²) in [7, 11) is 0. The molecule has 1 saturated carbocycles. The molecule has 0 saturated heterocycles. The minimum Gasteiger partial charge on any atom is -0.192 e. The zero-order valence-corrected chi connectivity index (χ0v) is 18.6. The van der Waals surface area contributed by atoms with E-state index in [1.54, 1.807) is 0 Å². The van der Waals surface area contributed by atoms with Crippen LogP contribution in [0.25, 0.3) is 11.1 Å². The lowest BCUT2D eigenvalue weighted by molar-refractivity contribution is 0.302. The summed E-state index contributed by atoms with van der Waals surface area (Å²) in [4.78, 5) is 0. The first-order chi connectivity index (χ1) is 14.7. The van der Waals surface area contributed by atoms with Gasteiger partial charge in [-0.15, -0.1) is 0 Å². The van der Waals surface area contributed by atoms with Crippen LogP contribution in [-0.2, 0) is 6.42 Å². The molecule has 2 aromatic rings. The van der Waals surface area contributed by atoms with Crippen molar-refractivity contribution in [2.75, 3.05) is 0 Å². The first kappa shape index (κ1) is 22.1. The molecule has 0 spiro atoms. The van der Waals surface area contributed by atoms with Gasteiger partial charge in [0.25, 0.3) is 0 Å². The molecule has 2 nitrogen and oxygen atoms in total. The van der Waals surface area contributed by atoms with E-state index in [4.69, 9.17) is 0 Å². The maximum Gasteiger partial charge on any atom is 0.101 e. The highest BCUT2D eigenvalue weighted by Crippen LogP contribution is 2.41. The van der Waals surface area contributed by atoms with Crippen molar-refractivity contribution >= 4 is 0 Å². The van der Waals surface area contributed by atoms with Crippen LogP contribution < -0.4 is 0 Å². The van der Waals surface area contributed by atoms with Gasteiger partial charge in [-0.1, -0.05) is 82.3 Å². The average molecular weight is 399 g/mol. The molecule has 0 N–H and O–H groups in total. The Kier molecular flexibility index (Phi) is 8.10. The predicted molar refractivity (Wildman–Crippen MR) is 124 cm³/mol. The summed E-state index contributed by atoms with van der Waals surface area (Å²) in [5.41, 5.74) is 5.45. The molecule has 2 heteroatoms. The molecule has 0 aliphatic heterocycles. The van der Waals surface area contributed by atoms with Gasteiger partial charge in [0.05, 0.1) is 11.1 Å². The molecule has 0 amide bonds. The van der Waals surface area contributed by atoms with E-state index in [1.807, 2.05) is 0 Å². The molecule has 3 rings (SSSR count). The molecular weight excluding hydrogens is 364 g/mol. The Bertz CT molecular complexity index is 903. The Balaban J connectivity index is 1.81. The maximum absolute atomic E-state index is 9.94. The van der Waals surface area contributed by atoms with E-state index in [2.05, 4.69) is 62.4 Å². The largest absolute Gasteiger partial charge is 0.192 e. The molecule has 30 heavy (non-hydrogen) atoms. The SMILES string of the molecule is CCCCCC1CCC(c2ccc(-c3ccc(CCC)cc3)c(C#N)c2C#N)CC1. The molecule has 0 radical (unpaired) electrons. The van der Waals surface area contributed by atoms with Crippen molar-refractivity contribution in [3.05, 3.63) is 58.7 Å². The quantitative estimate of drug-likeness (QED) is 0.424. The van der Waals surface area contributed by atoms with Crippen LogP contribution in [0.2, 0.25) is 0 Å². The van der Waals surface area contributed by atoms with E-state index < -0.39 is 0 Å². The number of rotatable bonds is 8. The van der Waals surface area contributed by atoms with E-state index in [-0.39, 0.29) is 0 Å². The summed E-state index contributed by atoms with van der Waals surface area (Å²) in [6.07, 6.45) is 12.3. The Hall–Kier alpha value is -2.58. The lowest BCUT2D eigenvalue weighted by Gasteiger charge is -2.29. The van der Waals surface area contributed by atoms with Crippen molar-refractivity contribution < 1.29 is 0 Å². The molecule has 0 unspecified atom stereocenters. The first-order valence-electron chi connectivity index (χ1n) is 11.8. The third kappa shape index (κ3) is 5.12. The van der Waals surface area contributed by atoms with Gasteiger partial charge in [0.2, 0.25) is 0 Å². The second-order valence-corrected chi connectivity index (χ2v) is 8.84. The van der Waals surface area contributed by atoms with Crippen molar-refractivity contribution in [3.63, 3.8) is 0 Å². The number of nitriles is 2. The van der Waals surface area contributed by atoms with E-state index >= 15 is 0 Å². The van der Waals surface area contributed by atoms with E-state index in [0.717, 1.165) is 48.3 Å². The Morgan fingerprint density at radius 1 is 0.800 bits per heavy atom. The second-order valence-electron chi connectivity index (χ2n) is 8.84. The molecule has 2 aromatic carbocycles. The van der Waals surface area contributed by atoms with Crippen LogP contribution >= 0.6 is 0 Å². The molecule has 0 atom stereocenters. The van der Waals surface area contributed by atoms with Crippen molar-refractivity contribution in [1.29, 1.82) is 10.5 Å². The third-order valence-electron chi connectivity index (χ3n) is 6.77. The number of aryl methyl sites for hydroxylation is 1. The van der Waals surface area contributed by atoms with Crippen LogP contribution in [-0.4, -0.2) is 0 Å². The van der Waals surface area contributed by atoms with Gasteiger partial charge < -0.3 is 0 Å². The summed E-state index contributed by atoms with van der Waals surface area (Å²) in [5, 5.41) is 19.9. The van der Waals surface area contributed by atoms with Crippen molar-refractivity contribution in [1.82, 2.24) is 0 Å². The topological polar surface area (TPSA) is 47.6 Å². The minimum atomic E-state index is 0.412. The van der Waals surface area contributed by atoms with Crippen LogP contribution in [0.4, 0.5) is 0 Å². The van der Waals surface area contributed by atoms with Gasteiger partial charge in [0.1, 0.15) is 12.1 Å². The van der Waals surface area contributed by atoms with Gasteiger partial charge in [0.15, 0.2) is 0 Å². The summed E-state index contributed by atoms with van der Waals surface area (Å²) in [6.45, 7) is 4.44. The zero-order valence-electron chi connectivity index (χ0n) is 18.6. The van der Waals surface area contributed by atoms with E-state index in [0.29, 0.717) is 17.0 Å². The minimum absolute atomic E-state index is 0.412. The number of hydrogen-bond acceptors (Lipinski definition) is 2. The second kappa shape index (κ2) is 11.0. The molecule has 1 fully saturated rings. The summed E-state index contributed by atoms with van der Waals surface area (Å²) in [6, 6.07) is 17.4. The molecule has 1 aliphatic carbocycles. The molecular formula is C28H34N2. The third-order valence-corrected chi connectivity index (χ3v) is 6.77. The van der Waals surface area contributed by atoms with Crippen LogP contribution in [0.3, 0.4) is 0 Å². The maximum atomic E-state index is 9.94. The average Bonchev–Trinajstić information content (AvgIpc) is 2.79. The standard InChI is InChI=1S/C28H34N2/c1-3-5-6-8-22-11-15-24(16-12-22)26-18-17-25(27(19-29)28(26)20-30)23-13-9-21(7-4-2)10-14-23/h9-10,13-14,17-18,22,24H,3-8,11-12,15-16H2,1-2H3. The highest BCUT2D eigenvalue weighted by molar-refractivity contribution is 5.75. The van der Waals surface area contributed by atoms with E-state index in [9.17, 15) is 10.5 Å². The van der Waals surface area contributed by atoms with E-state index in [1.165, 1.54) is 44.1 Å². The monoisotopic (exact) mass is 398 g/mol. The van der Waals surface area contributed by atoms with Crippen molar-refractivity contribution in [2.45, 2.75) is 84.0 Å². The number of unbranched alkanes of at least 4 members (excludes halogenated alkanes) is 2. The van der Waals surface area contributed by atoms with Gasteiger partial charge in [-0.2, -0.15) is 10.5 Å². The van der Waals surface area contributed by atoms with Crippen molar-refractivity contribution in [2.24, 2.45) is 5.92 Å². The summed E-state index contributed by atoms with van der Waals surface area (Å²) < 4.78 is 0. The smallest absolute Gasteiger partial charge is 0.101 e. The van der Waals surface area contributed by atoms with Crippen LogP contribution in [0.5, 0.6) is 0 Å². The lowest BCUT2D eigenvalue weighted by Crippen LogP contribution is -2.15. The number of hydrogen-bond donors (Lipinski definition) is 0. The fourth-order valence-corrected chi connectivity index (χ4v) is 5.02. The fraction of sp³-hybridized carbons (Fsp3) is 0.500. The molecule has 0 heterocycles. The lowest BCUT2D eigenvalue weighted by atomic mass is 9.75. The van der Waals surface area contributed by atoms with Gasteiger partial charge >= 0.3 is 0 Å². The normalized spacial score (nSPS) is 18.5.